The molecule has 0 radical (unpaired) electrons. The summed E-state index contributed by atoms with van der Waals surface area (Å²) in [4.78, 5) is 16.2. The molecule has 1 aromatic heterocycles. The van der Waals surface area contributed by atoms with Crippen LogP contribution >= 0.6 is 11.3 Å². The Hall–Kier alpha value is -2.85. The highest BCUT2D eigenvalue weighted by molar-refractivity contribution is 7.92. The van der Waals surface area contributed by atoms with E-state index in [0.29, 0.717) is 5.75 Å². The molecular weight excluding hydrogens is 422 g/mol. The van der Waals surface area contributed by atoms with Crippen LogP contribution in [0.4, 0.5) is 8.78 Å². The standard InChI is InChI=1S/C19H16F2N2O4S2/c1-3-8-23-18-15(21)9-12(20)10-16(18)28-19(23)22-17(24)11-29(25,26)14-6-4-13(27-2)5-7-14/h3-7,9-10H,1,8,11H2,2H3. The van der Waals surface area contributed by atoms with E-state index in [9.17, 15) is 22.0 Å². The zero-order valence-corrected chi connectivity index (χ0v) is 16.9. The molecule has 10 heteroatoms. The first kappa shape index (κ1) is 20.9. The van der Waals surface area contributed by atoms with E-state index in [4.69, 9.17) is 4.74 Å². The molecule has 0 fully saturated rings. The number of halogens is 2. The first-order valence-corrected chi connectivity index (χ1v) is 10.8. The number of ether oxygens (including phenoxy) is 1. The highest BCUT2D eigenvalue weighted by atomic mass is 32.2. The Morgan fingerprint density at radius 1 is 1.28 bits per heavy atom. The summed E-state index contributed by atoms with van der Waals surface area (Å²) in [7, 11) is -2.48. The lowest BCUT2D eigenvalue weighted by atomic mass is 10.3. The normalized spacial score (nSPS) is 12.3. The summed E-state index contributed by atoms with van der Waals surface area (Å²) in [6.07, 6.45) is 1.46. The summed E-state index contributed by atoms with van der Waals surface area (Å²) in [6.45, 7) is 3.69. The molecule has 1 heterocycles. The van der Waals surface area contributed by atoms with Gasteiger partial charge in [-0.1, -0.05) is 17.4 Å². The summed E-state index contributed by atoms with van der Waals surface area (Å²) in [6, 6.07) is 7.45. The summed E-state index contributed by atoms with van der Waals surface area (Å²) in [5, 5.41) is 0. The lowest BCUT2D eigenvalue weighted by molar-refractivity contribution is -0.115. The SMILES string of the molecule is C=CCn1c(=NC(=O)CS(=O)(=O)c2ccc(OC)cc2)sc2cc(F)cc(F)c21. The Morgan fingerprint density at radius 2 is 1.97 bits per heavy atom. The lowest BCUT2D eigenvalue weighted by Crippen LogP contribution is -2.21. The molecule has 2 aromatic carbocycles. The Kier molecular flexibility index (Phi) is 5.94. The van der Waals surface area contributed by atoms with Gasteiger partial charge in [-0.05, 0) is 30.3 Å². The van der Waals surface area contributed by atoms with Crippen molar-refractivity contribution < 1.29 is 26.7 Å². The fourth-order valence-corrected chi connectivity index (χ4v) is 4.88. The minimum atomic E-state index is -3.93. The number of sulfone groups is 1. The number of rotatable bonds is 6. The van der Waals surface area contributed by atoms with Gasteiger partial charge >= 0.3 is 0 Å². The second kappa shape index (κ2) is 8.26. The number of benzene rings is 2. The Balaban J connectivity index is 1.99. The number of carbonyl (C=O) groups is 1. The van der Waals surface area contributed by atoms with Crippen molar-refractivity contribution in [2.24, 2.45) is 4.99 Å². The van der Waals surface area contributed by atoms with Crippen LogP contribution in [-0.2, 0) is 21.2 Å². The fraction of sp³-hybridized carbons (Fsp3) is 0.158. The molecule has 0 spiro atoms. The Bertz CT molecular complexity index is 1260. The van der Waals surface area contributed by atoms with E-state index in [1.165, 1.54) is 42.0 Å². The van der Waals surface area contributed by atoms with Crippen molar-refractivity contribution in [3.8, 4) is 5.75 Å². The second-order valence-corrected chi connectivity index (χ2v) is 8.96. The first-order chi connectivity index (χ1) is 13.7. The van der Waals surface area contributed by atoms with Gasteiger partial charge < -0.3 is 9.30 Å². The molecule has 6 nitrogen and oxygen atoms in total. The molecule has 0 aliphatic heterocycles. The van der Waals surface area contributed by atoms with Crippen molar-refractivity contribution in [1.29, 1.82) is 0 Å². The average molecular weight is 438 g/mol. The second-order valence-electron chi connectivity index (χ2n) is 5.96. The maximum atomic E-state index is 14.2. The van der Waals surface area contributed by atoms with Gasteiger partial charge in [0.15, 0.2) is 20.5 Å². The Morgan fingerprint density at radius 3 is 2.59 bits per heavy atom. The van der Waals surface area contributed by atoms with E-state index in [2.05, 4.69) is 11.6 Å². The first-order valence-electron chi connectivity index (χ1n) is 8.29. The zero-order chi connectivity index (χ0) is 21.2. The van der Waals surface area contributed by atoms with E-state index in [1.807, 2.05) is 0 Å². The van der Waals surface area contributed by atoms with Crippen molar-refractivity contribution >= 4 is 37.3 Å². The largest absolute Gasteiger partial charge is 0.497 e. The van der Waals surface area contributed by atoms with Crippen LogP contribution in [0, 0.1) is 11.6 Å². The van der Waals surface area contributed by atoms with Crippen LogP contribution in [0.2, 0.25) is 0 Å². The molecule has 0 unspecified atom stereocenters. The van der Waals surface area contributed by atoms with Gasteiger partial charge in [-0.2, -0.15) is 4.99 Å². The molecule has 0 saturated carbocycles. The third-order valence-corrected chi connectivity index (χ3v) is 6.60. The summed E-state index contributed by atoms with van der Waals surface area (Å²) in [5.41, 5.74) is 0.0702. The molecule has 0 saturated heterocycles. The van der Waals surface area contributed by atoms with Gasteiger partial charge in [0.2, 0.25) is 0 Å². The van der Waals surface area contributed by atoms with E-state index >= 15 is 0 Å². The topological polar surface area (TPSA) is 77.7 Å². The lowest BCUT2D eigenvalue weighted by Gasteiger charge is -2.04. The number of amides is 1. The van der Waals surface area contributed by atoms with Crippen LogP contribution in [-0.4, -0.2) is 31.8 Å². The van der Waals surface area contributed by atoms with Gasteiger partial charge in [-0.15, -0.1) is 6.58 Å². The van der Waals surface area contributed by atoms with Gasteiger partial charge in [0.25, 0.3) is 5.91 Å². The van der Waals surface area contributed by atoms with Crippen molar-refractivity contribution in [2.45, 2.75) is 11.4 Å². The van der Waals surface area contributed by atoms with Crippen LogP contribution < -0.4 is 9.54 Å². The van der Waals surface area contributed by atoms with Crippen molar-refractivity contribution in [3.05, 3.63) is 65.5 Å². The highest BCUT2D eigenvalue weighted by Gasteiger charge is 2.20. The number of aromatic nitrogens is 1. The third-order valence-electron chi connectivity index (χ3n) is 3.96. The number of allylic oxidation sites excluding steroid dienone is 1. The minimum Gasteiger partial charge on any atom is -0.497 e. The molecule has 1 amide bonds. The summed E-state index contributed by atoms with van der Waals surface area (Å²) >= 11 is 0.884. The molecule has 3 aromatic rings. The molecule has 152 valence electrons. The fourth-order valence-electron chi connectivity index (χ4n) is 2.68. The third kappa shape index (κ3) is 4.43. The highest BCUT2D eigenvalue weighted by Crippen LogP contribution is 2.22. The number of nitrogens with zero attached hydrogens (tertiary/aromatic N) is 2. The maximum Gasteiger partial charge on any atom is 0.263 e. The Labute approximate surface area is 169 Å². The van der Waals surface area contributed by atoms with E-state index < -0.39 is 33.1 Å². The predicted octanol–water partition coefficient (Wildman–Crippen LogP) is 3.08. The quantitative estimate of drug-likeness (QED) is 0.554. The van der Waals surface area contributed by atoms with Gasteiger partial charge in [-0.3, -0.25) is 4.79 Å². The number of hydrogen-bond donors (Lipinski definition) is 0. The van der Waals surface area contributed by atoms with Gasteiger partial charge in [0, 0.05) is 12.6 Å². The van der Waals surface area contributed by atoms with E-state index in [1.54, 1.807) is 0 Å². The number of methoxy groups -OCH3 is 1. The van der Waals surface area contributed by atoms with E-state index in [0.717, 1.165) is 23.5 Å². The maximum absolute atomic E-state index is 14.2. The number of carbonyl (C=O) groups excluding carboxylic acids is 1. The smallest absolute Gasteiger partial charge is 0.263 e. The zero-order valence-electron chi connectivity index (χ0n) is 15.3. The predicted molar refractivity (Wildman–Crippen MR) is 106 cm³/mol. The monoisotopic (exact) mass is 438 g/mol. The van der Waals surface area contributed by atoms with Crippen LogP contribution in [0.25, 0.3) is 10.2 Å². The number of fused-ring (bicyclic) bond motifs is 1. The molecule has 0 atom stereocenters. The number of thiazole rings is 1. The molecule has 0 N–H and O–H groups in total. The number of hydrogen-bond acceptors (Lipinski definition) is 5. The molecule has 0 aliphatic carbocycles. The van der Waals surface area contributed by atoms with Gasteiger partial charge in [0.1, 0.15) is 17.3 Å². The molecule has 0 bridgehead atoms. The van der Waals surface area contributed by atoms with Crippen LogP contribution in [0.1, 0.15) is 0 Å². The van der Waals surface area contributed by atoms with Crippen molar-refractivity contribution in [3.63, 3.8) is 0 Å². The van der Waals surface area contributed by atoms with Gasteiger partial charge in [-0.25, -0.2) is 17.2 Å². The van der Waals surface area contributed by atoms with Gasteiger partial charge in [0.05, 0.1) is 22.2 Å². The molecule has 29 heavy (non-hydrogen) atoms. The average Bonchev–Trinajstić information content (AvgIpc) is 2.98. The van der Waals surface area contributed by atoms with Crippen molar-refractivity contribution in [2.75, 3.05) is 12.9 Å². The molecular formula is C19H16F2N2O4S2. The minimum absolute atomic E-state index is 0.0507. The van der Waals surface area contributed by atoms with E-state index in [-0.39, 0.29) is 26.5 Å². The van der Waals surface area contributed by atoms with Crippen LogP contribution in [0.5, 0.6) is 5.75 Å². The molecule has 3 rings (SSSR count). The summed E-state index contributed by atoms with van der Waals surface area (Å²) < 4.78 is 59.2. The van der Waals surface area contributed by atoms with Crippen LogP contribution in [0.15, 0.2) is 58.9 Å². The summed E-state index contributed by atoms with van der Waals surface area (Å²) in [5.74, 6) is -2.88. The van der Waals surface area contributed by atoms with Crippen molar-refractivity contribution in [1.82, 2.24) is 4.57 Å². The molecule has 0 aliphatic rings. The van der Waals surface area contributed by atoms with Crippen LogP contribution in [0.3, 0.4) is 0 Å².